The van der Waals surface area contributed by atoms with Crippen molar-refractivity contribution in [1.29, 1.82) is 0 Å². The Morgan fingerprint density at radius 3 is 1.78 bits per heavy atom. The lowest BCUT2D eigenvalue weighted by Gasteiger charge is -2.47. The van der Waals surface area contributed by atoms with Crippen LogP contribution in [0.15, 0.2) is 0 Å². The zero-order valence-corrected chi connectivity index (χ0v) is 19.7. The summed E-state index contributed by atoms with van der Waals surface area (Å²) in [6, 6.07) is -1.39. The molecule has 0 bridgehead atoms. The first kappa shape index (κ1) is 30.4. The largest absolute Gasteiger partial charge is 0.394 e. The molecule has 15 atom stereocenters. The van der Waals surface area contributed by atoms with Gasteiger partial charge in [0, 0.05) is 6.92 Å². The highest BCUT2D eigenvalue weighted by Crippen LogP contribution is 2.30. The van der Waals surface area contributed by atoms with Crippen molar-refractivity contribution in [2.75, 3.05) is 19.8 Å². The highest BCUT2D eigenvalue weighted by Gasteiger charge is 2.51. The number of aliphatic hydroxyl groups excluding tert-OH is 10. The van der Waals surface area contributed by atoms with Gasteiger partial charge in [-0.1, -0.05) is 0 Å². The van der Waals surface area contributed by atoms with Crippen LogP contribution in [0.2, 0.25) is 0 Å². The fraction of sp³-hybridized carbons (Fsp3) is 0.950. The van der Waals surface area contributed by atoms with Gasteiger partial charge in [-0.3, -0.25) is 4.79 Å². The summed E-state index contributed by atoms with van der Waals surface area (Å²) in [5.41, 5.74) is 0. The van der Waals surface area contributed by atoms with E-state index in [-0.39, 0.29) is 0 Å². The Morgan fingerprint density at radius 2 is 1.22 bits per heavy atom. The number of ether oxygens (including phenoxy) is 5. The first-order valence-electron chi connectivity index (χ1n) is 11.6. The highest BCUT2D eigenvalue weighted by molar-refractivity contribution is 5.73. The molecule has 3 fully saturated rings. The van der Waals surface area contributed by atoms with Gasteiger partial charge in [0.15, 0.2) is 18.9 Å². The van der Waals surface area contributed by atoms with Crippen LogP contribution in [-0.2, 0) is 28.5 Å². The molecule has 3 rings (SSSR count). The second-order valence-corrected chi connectivity index (χ2v) is 9.11. The third kappa shape index (κ3) is 6.55. The minimum Gasteiger partial charge on any atom is -0.394 e. The van der Waals surface area contributed by atoms with E-state index in [9.17, 15) is 55.9 Å². The van der Waals surface area contributed by atoms with Crippen LogP contribution in [0.25, 0.3) is 0 Å². The van der Waals surface area contributed by atoms with Crippen LogP contribution >= 0.6 is 0 Å². The van der Waals surface area contributed by atoms with Crippen LogP contribution in [0.3, 0.4) is 0 Å². The van der Waals surface area contributed by atoms with Gasteiger partial charge >= 0.3 is 0 Å². The van der Waals surface area contributed by atoms with Gasteiger partial charge in [0.25, 0.3) is 0 Å². The normalized spacial score (nSPS) is 49.0. The van der Waals surface area contributed by atoms with E-state index in [4.69, 9.17) is 23.7 Å². The molecule has 216 valence electrons. The quantitative estimate of drug-likeness (QED) is 0.135. The lowest BCUT2D eigenvalue weighted by atomic mass is 9.95. The van der Waals surface area contributed by atoms with E-state index >= 15 is 0 Å². The smallest absolute Gasteiger partial charge is 0.217 e. The molecule has 11 N–H and O–H groups in total. The predicted octanol–water partition coefficient (Wildman–Crippen LogP) is -7.43. The average Bonchev–Trinajstić information content (AvgIpc) is 2.86. The summed E-state index contributed by atoms with van der Waals surface area (Å²) in [6.07, 6.45) is -23.0. The molecule has 3 heterocycles. The summed E-state index contributed by atoms with van der Waals surface area (Å²) in [4.78, 5) is 11.6. The first-order chi connectivity index (χ1) is 17.4. The molecule has 0 aromatic rings. The van der Waals surface area contributed by atoms with Gasteiger partial charge < -0.3 is 80.1 Å². The fourth-order valence-corrected chi connectivity index (χ4v) is 4.35. The molecular formula is C20H35NO16. The Labute approximate surface area is 210 Å². The topological polar surface area (TPSA) is 278 Å². The standard InChI is InChI=1S/C20H35NO16/c1-5(24)21-9-17(12(27)7(3-23)34-18(9)32)37-20-16(31)14(29)11(26)8(36-20)4-33-19-15(30)13(28)10(25)6(2-22)35-19/h6-20,22-23,25-32H,2-4H2,1H3,(H,21,24)/t6-,7-,8-,9-,10+,11-,12+,13+,14+,15-,16-,17-,18-,19-,20+/m1/s1. The van der Waals surface area contributed by atoms with Crippen molar-refractivity contribution in [3.63, 3.8) is 0 Å². The lowest BCUT2D eigenvalue weighted by Crippen LogP contribution is -2.67. The maximum Gasteiger partial charge on any atom is 0.217 e. The molecule has 17 nitrogen and oxygen atoms in total. The summed E-state index contributed by atoms with van der Waals surface area (Å²) in [7, 11) is 0. The number of carbonyl (C=O) groups excluding carboxylic acids is 1. The Hall–Kier alpha value is -1.13. The molecule has 3 aliphatic rings. The first-order valence-corrected chi connectivity index (χ1v) is 11.6. The predicted molar refractivity (Wildman–Crippen MR) is 113 cm³/mol. The molecule has 0 aromatic heterocycles. The van der Waals surface area contributed by atoms with Crippen molar-refractivity contribution >= 4 is 5.91 Å². The molecule has 0 spiro atoms. The molecule has 3 aliphatic heterocycles. The number of hydrogen-bond donors (Lipinski definition) is 11. The summed E-state index contributed by atoms with van der Waals surface area (Å²) < 4.78 is 26.7. The van der Waals surface area contributed by atoms with Crippen LogP contribution in [-0.4, -0.2) is 169 Å². The SMILES string of the molecule is CC(=O)N[C@@H]1[C@@H](O[C@@H]2O[C@H](CO[C@@H]3O[C@H](CO)[C@H](O)[C@H](O)[C@H]3O)[C@@H](O)[C@H](O)[C@H]2O)[C@@H](O)[C@@H](CO)O[C@H]1O. The van der Waals surface area contributed by atoms with E-state index in [1.165, 1.54) is 0 Å². The van der Waals surface area contributed by atoms with Gasteiger partial charge in [-0.2, -0.15) is 0 Å². The summed E-state index contributed by atoms with van der Waals surface area (Å²) in [5.74, 6) is -0.637. The van der Waals surface area contributed by atoms with E-state index < -0.39 is 118 Å². The summed E-state index contributed by atoms with van der Waals surface area (Å²) in [6.45, 7) is -0.957. The molecular weight excluding hydrogens is 510 g/mol. The van der Waals surface area contributed by atoms with E-state index in [2.05, 4.69) is 5.32 Å². The van der Waals surface area contributed by atoms with Gasteiger partial charge in [-0.25, -0.2) is 0 Å². The monoisotopic (exact) mass is 545 g/mol. The third-order valence-corrected chi connectivity index (χ3v) is 6.48. The van der Waals surface area contributed by atoms with E-state index in [1.54, 1.807) is 0 Å². The third-order valence-electron chi connectivity index (χ3n) is 6.48. The molecule has 0 unspecified atom stereocenters. The highest BCUT2D eigenvalue weighted by atomic mass is 16.7. The second kappa shape index (κ2) is 12.8. The van der Waals surface area contributed by atoms with Crippen molar-refractivity contribution in [2.45, 2.75) is 99.0 Å². The number of aliphatic hydroxyl groups is 10. The minimum atomic E-state index is -1.89. The van der Waals surface area contributed by atoms with Crippen molar-refractivity contribution in [1.82, 2.24) is 5.32 Å². The van der Waals surface area contributed by atoms with Crippen LogP contribution in [0.5, 0.6) is 0 Å². The molecule has 37 heavy (non-hydrogen) atoms. The van der Waals surface area contributed by atoms with Crippen LogP contribution in [0, 0.1) is 0 Å². The van der Waals surface area contributed by atoms with Crippen molar-refractivity contribution in [3.8, 4) is 0 Å². The molecule has 0 saturated carbocycles. The molecule has 1 amide bonds. The van der Waals surface area contributed by atoms with Crippen molar-refractivity contribution in [3.05, 3.63) is 0 Å². The number of hydrogen-bond acceptors (Lipinski definition) is 16. The average molecular weight is 545 g/mol. The van der Waals surface area contributed by atoms with Crippen molar-refractivity contribution < 1.29 is 79.5 Å². The van der Waals surface area contributed by atoms with Crippen LogP contribution < -0.4 is 5.32 Å². The Morgan fingerprint density at radius 1 is 0.703 bits per heavy atom. The van der Waals surface area contributed by atoms with Crippen LogP contribution in [0.4, 0.5) is 0 Å². The summed E-state index contributed by atoms with van der Waals surface area (Å²) >= 11 is 0. The van der Waals surface area contributed by atoms with Crippen molar-refractivity contribution in [2.24, 2.45) is 0 Å². The van der Waals surface area contributed by atoms with Gasteiger partial charge in [0.2, 0.25) is 5.91 Å². The zero-order chi connectivity index (χ0) is 27.6. The van der Waals surface area contributed by atoms with E-state index in [0.717, 1.165) is 6.92 Å². The lowest BCUT2D eigenvalue weighted by molar-refractivity contribution is -0.352. The maximum atomic E-state index is 11.6. The molecule has 0 radical (unpaired) electrons. The Bertz CT molecular complexity index is 745. The van der Waals surface area contributed by atoms with Gasteiger partial charge in [-0.05, 0) is 0 Å². The van der Waals surface area contributed by atoms with Gasteiger partial charge in [0.1, 0.15) is 73.2 Å². The Balaban J connectivity index is 1.72. The maximum absolute atomic E-state index is 11.6. The number of nitrogens with one attached hydrogen (secondary N) is 1. The van der Waals surface area contributed by atoms with Crippen LogP contribution in [0.1, 0.15) is 6.92 Å². The number of amides is 1. The number of rotatable bonds is 8. The fourth-order valence-electron chi connectivity index (χ4n) is 4.35. The van der Waals surface area contributed by atoms with E-state index in [1.807, 2.05) is 0 Å². The summed E-state index contributed by atoms with van der Waals surface area (Å²) in [5, 5.41) is 103. The zero-order valence-electron chi connectivity index (χ0n) is 19.7. The molecule has 3 saturated heterocycles. The number of carbonyl (C=O) groups is 1. The van der Waals surface area contributed by atoms with Gasteiger partial charge in [0.05, 0.1) is 19.8 Å². The second-order valence-electron chi connectivity index (χ2n) is 9.11. The minimum absolute atomic E-state index is 0.624. The molecule has 17 heteroatoms. The molecule has 0 aromatic carbocycles. The van der Waals surface area contributed by atoms with E-state index in [0.29, 0.717) is 0 Å². The Kier molecular flexibility index (Phi) is 10.5. The molecule has 0 aliphatic carbocycles. The van der Waals surface area contributed by atoms with Gasteiger partial charge in [-0.15, -0.1) is 0 Å².